The van der Waals surface area contributed by atoms with E-state index in [4.69, 9.17) is 14.0 Å². The topological polar surface area (TPSA) is 77.7 Å². The number of amides is 1. The molecule has 0 atom stereocenters. The van der Waals surface area contributed by atoms with E-state index >= 15 is 0 Å². The molecule has 0 unspecified atom stereocenters. The van der Waals surface area contributed by atoms with Gasteiger partial charge in [-0.15, -0.1) is 0 Å². The van der Waals surface area contributed by atoms with Crippen molar-refractivity contribution in [1.29, 1.82) is 0 Å². The summed E-state index contributed by atoms with van der Waals surface area (Å²) in [6.45, 7) is 0. The molecule has 0 radical (unpaired) electrons. The van der Waals surface area contributed by atoms with E-state index in [2.05, 4.69) is 10.1 Å². The normalized spacial score (nSPS) is 14.9. The average molecular weight is 472 g/mol. The summed E-state index contributed by atoms with van der Waals surface area (Å²) in [6, 6.07) is 19.4. The zero-order valence-corrected chi connectivity index (χ0v) is 19.5. The van der Waals surface area contributed by atoms with Crippen LogP contribution in [0.4, 0.5) is 5.69 Å². The summed E-state index contributed by atoms with van der Waals surface area (Å²) in [5.41, 5.74) is 3.20. The molecule has 1 amide bonds. The second-order valence-electron chi connectivity index (χ2n) is 8.21. The lowest BCUT2D eigenvalue weighted by atomic mass is 10.1. The molecule has 0 saturated heterocycles. The summed E-state index contributed by atoms with van der Waals surface area (Å²) >= 11 is 1.60. The molecule has 1 fully saturated rings. The van der Waals surface area contributed by atoms with E-state index in [0.717, 1.165) is 39.4 Å². The van der Waals surface area contributed by atoms with Crippen LogP contribution >= 0.6 is 11.8 Å². The van der Waals surface area contributed by atoms with E-state index in [1.54, 1.807) is 32.0 Å². The quantitative estimate of drug-likeness (QED) is 0.370. The van der Waals surface area contributed by atoms with Gasteiger partial charge in [0.25, 0.3) is 11.8 Å². The lowest BCUT2D eigenvalue weighted by Gasteiger charge is -2.22. The van der Waals surface area contributed by atoms with Crippen molar-refractivity contribution in [2.24, 2.45) is 0 Å². The predicted molar refractivity (Wildman–Crippen MR) is 129 cm³/mol. The highest BCUT2D eigenvalue weighted by Gasteiger charge is 2.38. The molecule has 1 aliphatic heterocycles. The van der Waals surface area contributed by atoms with Gasteiger partial charge in [0.15, 0.2) is 0 Å². The molecular formula is C26H21N3O4S. The molecule has 8 heteroatoms. The van der Waals surface area contributed by atoms with Gasteiger partial charge in [-0.2, -0.15) is 4.98 Å². The van der Waals surface area contributed by atoms with Crippen LogP contribution in [0, 0.1) is 0 Å². The molecule has 34 heavy (non-hydrogen) atoms. The van der Waals surface area contributed by atoms with E-state index in [0.29, 0.717) is 28.8 Å². The third kappa shape index (κ3) is 3.60. The number of ether oxygens (including phenoxy) is 2. The van der Waals surface area contributed by atoms with Crippen molar-refractivity contribution in [3.63, 3.8) is 0 Å². The summed E-state index contributed by atoms with van der Waals surface area (Å²) in [5.74, 6) is 2.18. The van der Waals surface area contributed by atoms with Crippen LogP contribution in [0.2, 0.25) is 0 Å². The summed E-state index contributed by atoms with van der Waals surface area (Å²) in [7, 11) is 3.19. The SMILES string of the molecule is COc1cc(OC)cc(-c2nc(-c3ccc4c(c3)Sc3ccccc3C(=O)N4C3CC3)no2)c1. The van der Waals surface area contributed by atoms with E-state index in [-0.39, 0.29) is 11.9 Å². The Bertz CT molecular complexity index is 1390. The molecule has 7 nitrogen and oxygen atoms in total. The Balaban J connectivity index is 1.40. The van der Waals surface area contributed by atoms with Gasteiger partial charge in [-0.05, 0) is 55.3 Å². The Morgan fingerprint density at radius 2 is 1.71 bits per heavy atom. The van der Waals surface area contributed by atoms with Gasteiger partial charge in [-0.1, -0.05) is 29.1 Å². The molecule has 1 aliphatic carbocycles. The third-order valence-corrected chi connectivity index (χ3v) is 7.09. The van der Waals surface area contributed by atoms with E-state index in [1.807, 2.05) is 59.5 Å². The number of carbonyl (C=O) groups excluding carboxylic acids is 1. The van der Waals surface area contributed by atoms with Crippen molar-refractivity contribution < 1.29 is 18.8 Å². The summed E-state index contributed by atoms with van der Waals surface area (Å²) < 4.78 is 16.3. The van der Waals surface area contributed by atoms with Crippen LogP contribution in [0.3, 0.4) is 0 Å². The van der Waals surface area contributed by atoms with Gasteiger partial charge in [0.1, 0.15) is 11.5 Å². The molecule has 2 aliphatic rings. The van der Waals surface area contributed by atoms with Gasteiger partial charge in [0, 0.05) is 33.0 Å². The average Bonchev–Trinajstić information content (AvgIpc) is 3.60. The monoisotopic (exact) mass is 471 g/mol. The van der Waals surface area contributed by atoms with Crippen LogP contribution in [0.15, 0.2) is 75.0 Å². The highest BCUT2D eigenvalue weighted by atomic mass is 32.2. The molecule has 1 saturated carbocycles. The summed E-state index contributed by atoms with van der Waals surface area (Å²) in [6.07, 6.45) is 2.05. The van der Waals surface area contributed by atoms with Gasteiger partial charge in [-0.25, -0.2) is 0 Å². The van der Waals surface area contributed by atoms with Crippen LogP contribution in [0.5, 0.6) is 11.5 Å². The molecule has 0 bridgehead atoms. The Labute approximate surface area is 200 Å². The van der Waals surface area contributed by atoms with Gasteiger partial charge in [-0.3, -0.25) is 4.79 Å². The minimum Gasteiger partial charge on any atom is -0.497 e. The maximum absolute atomic E-state index is 13.4. The molecular weight excluding hydrogens is 450 g/mol. The minimum atomic E-state index is 0.0610. The van der Waals surface area contributed by atoms with Crippen molar-refractivity contribution in [3.05, 3.63) is 66.2 Å². The fraction of sp³-hybridized carbons (Fsp3) is 0.192. The molecule has 0 N–H and O–H groups in total. The lowest BCUT2D eigenvalue weighted by molar-refractivity contribution is 0.0982. The zero-order chi connectivity index (χ0) is 23.2. The van der Waals surface area contributed by atoms with Crippen molar-refractivity contribution in [2.45, 2.75) is 28.7 Å². The second kappa shape index (κ2) is 8.22. The van der Waals surface area contributed by atoms with Crippen molar-refractivity contribution in [3.8, 4) is 34.3 Å². The first-order chi connectivity index (χ1) is 16.6. The molecule has 170 valence electrons. The molecule has 2 heterocycles. The Morgan fingerprint density at radius 3 is 2.44 bits per heavy atom. The number of hydrogen-bond donors (Lipinski definition) is 0. The van der Waals surface area contributed by atoms with E-state index in [1.165, 1.54) is 0 Å². The number of rotatable bonds is 5. The minimum absolute atomic E-state index is 0.0610. The summed E-state index contributed by atoms with van der Waals surface area (Å²) in [4.78, 5) is 21.9. The molecule has 0 spiro atoms. The van der Waals surface area contributed by atoms with Gasteiger partial charge in [0.2, 0.25) is 5.82 Å². The summed E-state index contributed by atoms with van der Waals surface area (Å²) in [5, 5.41) is 4.21. The first-order valence-corrected chi connectivity index (χ1v) is 11.8. The Kier molecular flexibility index (Phi) is 5.03. The van der Waals surface area contributed by atoms with Gasteiger partial charge in [0.05, 0.1) is 25.5 Å². The Hall–Kier alpha value is -3.78. The number of methoxy groups -OCH3 is 2. The number of nitrogens with zero attached hydrogens (tertiary/aromatic N) is 3. The van der Waals surface area contributed by atoms with Crippen LogP contribution < -0.4 is 14.4 Å². The first-order valence-electron chi connectivity index (χ1n) is 11.0. The van der Waals surface area contributed by atoms with E-state index < -0.39 is 0 Å². The molecule has 4 aromatic rings. The van der Waals surface area contributed by atoms with Crippen molar-refractivity contribution >= 4 is 23.4 Å². The standard InChI is InChI=1S/C26H21N3O4S/c1-31-18-11-16(12-19(14-18)32-2)25-27-24(28-33-25)15-7-10-21-23(13-15)34-22-6-4-3-5-20(22)26(30)29(21)17-8-9-17/h3-7,10-14,17H,8-9H2,1-2H3. The number of benzene rings is 3. The van der Waals surface area contributed by atoms with Crippen molar-refractivity contribution in [2.75, 3.05) is 19.1 Å². The number of aromatic nitrogens is 2. The first kappa shape index (κ1) is 20.8. The van der Waals surface area contributed by atoms with Crippen LogP contribution in [-0.4, -0.2) is 36.3 Å². The van der Waals surface area contributed by atoms with Gasteiger partial charge < -0.3 is 18.9 Å². The van der Waals surface area contributed by atoms with Crippen LogP contribution in [0.25, 0.3) is 22.8 Å². The molecule has 6 rings (SSSR count). The Morgan fingerprint density at radius 1 is 0.941 bits per heavy atom. The number of hydrogen-bond acceptors (Lipinski definition) is 7. The maximum Gasteiger partial charge on any atom is 0.259 e. The zero-order valence-electron chi connectivity index (χ0n) is 18.6. The molecule has 3 aromatic carbocycles. The number of carbonyl (C=O) groups is 1. The smallest absolute Gasteiger partial charge is 0.259 e. The third-order valence-electron chi connectivity index (χ3n) is 5.97. The molecule has 1 aromatic heterocycles. The van der Waals surface area contributed by atoms with Crippen LogP contribution in [0.1, 0.15) is 23.2 Å². The number of fused-ring (bicyclic) bond motifs is 2. The largest absolute Gasteiger partial charge is 0.497 e. The predicted octanol–water partition coefficient (Wildman–Crippen LogP) is 5.69. The maximum atomic E-state index is 13.4. The highest BCUT2D eigenvalue weighted by molar-refractivity contribution is 7.99. The highest BCUT2D eigenvalue weighted by Crippen LogP contribution is 2.46. The second-order valence-corrected chi connectivity index (χ2v) is 9.30. The van der Waals surface area contributed by atoms with Crippen molar-refractivity contribution in [1.82, 2.24) is 10.1 Å². The fourth-order valence-electron chi connectivity index (χ4n) is 4.11. The fourth-order valence-corrected chi connectivity index (χ4v) is 5.21. The van der Waals surface area contributed by atoms with E-state index in [9.17, 15) is 4.79 Å². The van der Waals surface area contributed by atoms with Crippen LogP contribution in [-0.2, 0) is 0 Å². The number of anilines is 1. The van der Waals surface area contributed by atoms with Gasteiger partial charge >= 0.3 is 0 Å². The lowest BCUT2D eigenvalue weighted by Crippen LogP contribution is -2.32.